The van der Waals surface area contributed by atoms with Crippen molar-refractivity contribution < 1.29 is 50.0 Å². The zero-order chi connectivity index (χ0) is 48.7. The van der Waals surface area contributed by atoms with Crippen LogP contribution in [0.4, 0.5) is 13.2 Å². The molecule has 72 heavy (non-hydrogen) atoms. The summed E-state index contributed by atoms with van der Waals surface area (Å²) in [5.41, 5.74) is 14.5. The maximum absolute atomic E-state index is 12.0. The summed E-state index contributed by atoms with van der Waals surface area (Å²) in [6.07, 6.45) is -5.08. The Morgan fingerprint density at radius 2 is 0.931 bits per heavy atom. The number of alkyl halides is 3. The quantitative estimate of drug-likeness (QED) is 0.134. The van der Waals surface area contributed by atoms with Crippen molar-refractivity contribution in [3.05, 3.63) is 282 Å². The first-order chi connectivity index (χ1) is 33.3. The van der Waals surface area contributed by atoms with Crippen molar-refractivity contribution in [3.63, 3.8) is 0 Å². The predicted octanol–water partition coefficient (Wildman–Crippen LogP) is 13.4. The van der Waals surface area contributed by atoms with E-state index in [1.54, 1.807) is 0 Å². The molecule has 0 amide bonds. The fraction of sp³-hybridized carbons (Fsp3) is 0.0667. The van der Waals surface area contributed by atoms with Crippen molar-refractivity contribution >= 4 is 82.6 Å². The zero-order valence-corrected chi connectivity index (χ0v) is 45.2. The van der Waals surface area contributed by atoms with E-state index in [0.29, 0.717) is 5.92 Å². The first-order valence-electron chi connectivity index (χ1n) is 21.5. The number of fused-ring (bicyclic) bond motifs is 9. The fourth-order valence-corrected chi connectivity index (χ4v) is 9.85. The second-order valence-corrected chi connectivity index (χ2v) is 18.7. The topological polar surface area (TPSA) is 74.6 Å². The van der Waals surface area contributed by atoms with Crippen molar-refractivity contribution in [1.82, 2.24) is 0 Å². The van der Waals surface area contributed by atoms with Gasteiger partial charge in [-0.1, -0.05) is 207 Å². The Morgan fingerprint density at radius 3 is 1.51 bits per heavy atom. The molecule has 3 aliphatic carbocycles. The van der Waals surface area contributed by atoms with Crippen LogP contribution in [0.2, 0.25) is 0 Å². The molecule has 0 radical (unpaired) electrons. The third kappa shape index (κ3) is 12.5. The third-order valence-corrected chi connectivity index (χ3v) is 13.2. The number of carboxylic acids is 1. The predicted molar refractivity (Wildman–Crippen MR) is 290 cm³/mol. The van der Waals surface area contributed by atoms with Gasteiger partial charge < -0.3 is 27.2 Å². The number of benzene rings is 9. The van der Waals surface area contributed by atoms with E-state index < -0.39 is 17.7 Å². The monoisotopic (exact) mass is 1220 g/mol. The second kappa shape index (κ2) is 25.5. The van der Waals surface area contributed by atoms with Crippen LogP contribution in [0.3, 0.4) is 0 Å². The van der Waals surface area contributed by atoms with Crippen LogP contribution in [0.25, 0.3) is 33.4 Å². The maximum Gasteiger partial charge on any atom is 2.00 e. The Balaban J connectivity index is 0.000000177. The van der Waals surface area contributed by atoms with Gasteiger partial charge in [-0.25, -0.2) is 4.79 Å². The fourth-order valence-electron chi connectivity index (χ4n) is 8.75. The summed E-state index contributed by atoms with van der Waals surface area (Å²) in [7, 11) is 0. The zero-order valence-electron chi connectivity index (χ0n) is 37.4. The summed E-state index contributed by atoms with van der Waals surface area (Å²) in [5, 5.41) is 18.7. The minimum atomic E-state index is -5.08. The van der Waals surface area contributed by atoms with Crippen LogP contribution < -0.4 is 17.0 Å². The molecular formula is C60H43Br4F3MgO4. The van der Waals surface area contributed by atoms with Gasteiger partial charge in [-0.15, -0.1) is 0 Å². The Labute approximate surface area is 469 Å². The molecule has 0 bridgehead atoms. The smallest absolute Gasteiger partial charge is 1.00 e. The van der Waals surface area contributed by atoms with Gasteiger partial charge in [-0.2, -0.15) is 49.6 Å². The number of aliphatic hydroxyl groups is 1. The minimum Gasteiger partial charge on any atom is -1.00 e. The first kappa shape index (κ1) is 57.5. The summed E-state index contributed by atoms with van der Waals surface area (Å²) in [5.74, 6) is -2.28. The van der Waals surface area contributed by atoms with Crippen LogP contribution in [0.5, 0.6) is 0 Å². The molecule has 9 aromatic rings. The summed E-state index contributed by atoms with van der Waals surface area (Å²) < 4.78 is 34.8. The molecule has 0 spiro atoms. The minimum absolute atomic E-state index is 0. The molecular weight excluding hydrogens is 1190 g/mol. The van der Waals surface area contributed by atoms with E-state index in [1.165, 1.54) is 27.8 Å². The van der Waals surface area contributed by atoms with Crippen molar-refractivity contribution in [2.75, 3.05) is 0 Å². The summed E-state index contributed by atoms with van der Waals surface area (Å²) in [6.45, 7) is 0. The van der Waals surface area contributed by atoms with Gasteiger partial charge in [0.15, 0.2) is 5.78 Å². The van der Waals surface area contributed by atoms with Crippen molar-refractivity contribution in [3.8, 4) is 33.4 Å². The second-order valence-electron chi connectivity index (χ2n) is 15.9. The Kier molecular flexibility index (Phi) is 20.3. The molecule has 0 heterocycles. The number of hydrogen-bond donors (Lipinski definition) is 2. The molecule has 9 aromatic carbocycles. The summed E-state index contributed by atoms with van der Waals surface area (Å²) in [4.78, 5) is 20.9. The van der Waals surface area contributed by atoms with E-state index >= 15 is 0 Å². The molecule has 0 saturated carbocycles. The summed E-state index contributed by atoms with van der Waals surface area (Å²) in [6, 6.07) is 76.2. The summed E-state index contributed by atoms with van der Waals surface area (Å²) >= 11 is 10.5. The molecule has 358 valence electrons. The Morgan fingerprint density at radius 1 is 0.500 bits per heavy atom. The van der Waals surface area contributed by atoms with Gasteiger partial charge in [0.2, 0.25) is 0 Å². The van der Waals surface area contributed by atoms with E-state index in [0.717, 1.165) is 63.5 Å². The molecule has 2 atom stereocenters. The standard InChI is InChI=1S/C19H13BrO.C19H13Br.C13H7BrO.C6H5.C2HF3O2.CH4.BrH.Mg/c20-14-10-11-16-15-8-4-5-9-17(15)19(21,18(16)12-14)13-6-2-1-3-7-13;20-14-10-11-16-15-8-4-5-9-17(15)19(18(16)12-14)13-6-2-1-3-7-13;14-8-5-6-10-9-3-1-2-4-11(9)13(15)12(10)7-8;1-2-4-6-5-3-1;3-2(4,5)1(6)7;;;/h1-12,21H;1-12,19H;1-7H;1-5H;(H,6,7);1H4;1H;/q;;;-1;;;;+2/p-1. The van der Waals surface area contributed by atoms with Gasteiger partial charge in [-0.3, -0.25) is 4.79 Å². The van der Waals surface area contributed by atoms with E-state index in [4.69, 9.17) is 9.90 Å². The van der Waals surface area contributed by atoms with E-state index in [1.807, 2.05) is 133 Å². The van der Waals surface area contributed by atoms with Crippen LogP contribution in [-0.4, -0.2) is 51.2 Å². The molecule has 3 aliphatic rings. The van der Waals surface area contributed by atoms with Crippen molar-refractivity contribution in [1.29, 1.82) is 0 Å². The van der Waals surface area contributed by atoms with E-state index in [-0.39, 0.29) is 53.2 Å². The van der Waals surface area contributed by atoms with E-state index in [2.05, 4.69) is 139 Å². The molecule has 0 aromatic heterocycles. The maximum atomic E-state index is 12.0. The number of aliphatic carboxylic acids is 1. The Bertz CT molecular complexity index is 3260. The van der Waals surface area contributed by atoms with Gasteiger partial charge in [0.25, 0.3) is 0 Å². The van der Waals surface area contributed by atoms with Crippen molar-refractivity contribution in [2.24, 2.45) is 0 Å². The van der Waals surface area contributed by atoms with Gasteiger partial charge in [0.05, 0.1) is 0 Å². The molecule has 2 unspecified atom stereocenters. The van der Waals surface area contributed by atoms with Gasteiger partial charge in [0.1, 0.15) is 5.60 Å². The molecule has 4 nitrogen and oxygen atoms in total. The first-order valence-corrected chi connectivity index (χ1v) is 23.9. The number of rotatable bonds is 2. The molecule has 0 aliphatic heterocycles. The average molecular weight is 1230 g/mol. The number of carbonyl (C=O) groups is 2. The number of carboxylic acid groups (broad SMARTS) is 1. The number of ketones is 1. The molecule has 12 rings (SSSR count). The third-order valence-electron chi connectivity index (χ3n) is 11.7. The number of carbonyl (C=O) groups excluding carboxylic acids is 1. The van der Waals surface area contributed by atoms with Crippen molar-refractivity contribution in [2.45, 2.75) is 25.1 Å². The van der Waals surface area contributed by atoms with Crippen LogP contribution in [0.1, 0.15) is 62.6 Å². The molecule has 12 heteroatoms. The van der Waals surface area contributed by atoms with Gasteiger partial charge in [0, 0.05) is 41.6 Å². The number of halogens is 7. The van der Waals surface area contributed by atoms with Gasteiger partial charge in [-0.05, 0) is 92.0 Å². The Hall–Kier alpha value is -5.44. The van der Waals surface area contributed by atoms with Crippen LogP contribution in [-0.2, 0) is 10.4 Å². The van der Waals surface area contributed by atoms with Crippen LogP contribution >= 0.6 is 47.8 Å². The molecule has 2 N–H and O–H groups in total. The van der Waals surface area contributed by atoms with Crippen LogP contribution in [0, 0.1) is 6.07 Å². The van der Waals surface area contributed by atoms with Crippen LogP contribution in [0.15, 0.2) is 232 Å². The van der Waals surface area contributed by atoms with E-state index in [9.17, 15) is 23.1 Å². The molecule has 0 fully saturated rings. The normalized spacial score (nSPS) is 14.3. The molecule has 0 saturated heterocycles. The average Bonchev–Trinajstić information content (AvgIpc) is 3.95. The number of hydrogen-bond acceptors (Lipinski definition) is 3. The largest absolute Gasteiger partial charge is 2.00 e. The SMILES string of the molecule is Brc1ccc2c(c1)C(c1ccccc1)c1ccccc1-2.C.O=C(O)C(F)(F)F.O=C1c2ccccc2-c2ccc(Br)cc21.OC1(c2ccccc2)c2ccccc2-c2ccc(Br)cc21.[Br-].[Mg+2].[c-]1ccccc1. The van der Waals surface area contributed by atoms with Gasteiger partial charge >= 0.3 is 35.2 Å².